The minimum absolute atomic E-state index is 0.286. The van der Waals surface area contributed by atoms with Crippen molar-refractivity contribution < 1.29 is 14.7 Å². The topological polar surface area (TPSA) is 78.4 Å². The molecule has 0 fully saturated rings. The van der Waals surface area contributed by atoms with Crippen LogP contribution in [0.4, 0.5) is 5.69 Å². The smallest absolute Gasteiger partial charge is 0.313 e. The number of aliphatic hydroxyl groups excluding tert-OH is 1. The van der Waals surface area contributed by atoms with Crippen LogP contribution in [0.15, 0.2) is 42.5 Å². The van der Waals surface area contributed by atoms with Gasteiger partial charge in [0.2, 0.25) is 0 Å². The summed E-state index contributed by atoms with van der Waals surface area (Å²) < 4.78 is 0. The fourth-order valence-electron chi connectivity index (χ4n) is 2.69. The van der Waals surface area contributed by atoms with Gasteiger partial charge in [-0.05, 0) is 37.5 Å². The van der Waals surface area contributed by atoms with Crippen molar-refractivity contribution in [3.8, 4) is 0 Å². The summed E-state index contributed by atoms with van der Waals surface area (Å²) in [6, 6.07) is 12.3. The zero-order valence-corrected chi connectivity index (χ0v) is 14.1. The first-order valence-electron chi connectivity index (χ1n) is 7.78. The molecule has 5 heteroatoms. The molecular weight excluding hydrogens is 304 g/mol. The van der Waals surface area contributed by atoms with Crippen LogP contribution in [0.2, 0.25) is 0 Å². The number of hydrogen-bond donors (Lipinski definition) is 3. The quantitative estimate of drug-likeness (QED) is 0.755. The Bertz CT molecular complexity index is 719. The predicted octanol–water partition coefficient (Wildman–Crippen LogP) is 2.40. The highest BCUT2D eigenvalue weighted by Gasteiger charge is 2.20. The van der Waals surface area contributed by atoms with Gasteiger partial charge in [0.1, 0.15) is 0 Å². The Balaban J connectivity index is 2.09. The zero-order chi connectivity index (χ0) is 17.7. The fourth-order valence-corrected chi connectivity index (χ4v) is 2.69. The Morgan fingerprint density at radius 2 is 1.58 bits per heavy atom. The molecule has 2 aromatic rings. The summed E-state index contributed by atoms with van der Waals surface area (Å²) in [7, 11) is 0. The van der Waals surface area contributed by atoms with Gasteiger partial charge < -0.3 is 15.7 Å². The van der Waals surface area contributed by atoms with Crippen molar-refractivity contribution in [3.05, 3.63) is 64.7 Å². The van der Waals surface area contributed by atoms with Gasteiger partial charge in [0.15, 0.2) is 0 Å². The molecule has 0 bridgehead atoms. The Labute approximate surface area is 141 Å². The van der Waals surface area contributed by atoms with E-state index in [1.54, 1.807) is 12.1 Å². The van der Waals surface area contributed by atoms with Crippen molar-refractivity contribution in [3.63, 3.8) is 0 Å². The summed E-state index contributed by atoms with van der Waals surface area (Å²) >= 11 is 0. The van der Waals surface area contributed by atoms with Gasteiger partial charge in [0.25, 0.3) is 0 Å². The highest BCUT2D eigenvalue weighted by atomic mass is 16.3. The van der Waals surface area contributed by atoms with Gasteiger partial charge in [-0.25, -0.2) is 0 Å². The molecule has 0 saturated heterocycles. The Morgan fingerprint density at radius 1 is 1.00 bits per heavy atom. The van der Waals surface area contributed by atoms with Crippen molar-refractivity contribution in [1.82, 2.24) is 5.32 Å². The SMILES string of the molecule is Cc1cc(C)c(NC(=O)C(=O)NC(CO)c2ccccc2)c(C)c1. The van der Waals surface area contributed by atoms with Gasteiger partial charge >= 0.3 is 11.8 Å². The molecule has 24 heavy (non-hydrogen) atoms. The van der Waals surface area contributed by atoms with Gasteiger partial charge in [-0.3, -0.25) is 9.59 Å². The van der Waals surface area contributed by atoms with Crippen LogP contribution in [0.3, 0.4) is 0 Å². The van der Waals surface area contributed by atoms with Gasteiger partial charge in [0, 0.05) is 5.69 Å². The van der Waals surface area contributed by atoms with E-state index < -0.39 is 17.9 Å². The maximum absolute atomic E-state index is 12.2. The molecule has 0 aliphatic rings. The number of hydrogen-bond acceptors (Lipinski definition) is 3. The molecule has 1 atom stereocenters. The molecule has 0 saturated carbocycles. The lowest BCUT2D eigenvalue weighted by atomic mass is 10.0. The van der Waals surface area contributed by atoms with E-state index >= 15 is 0 Å². The number of aliphatic hydroxyl groups is 1. The van der Waals surface area contributed by atoms with Gasteiger partial charge in [-0.15, -0.1) is 0 Å². The summed E-state index contributed by atoms with van der Waals surface area (Å²) in [5.41, 5.74) is 4.27. The van der Waals surface area contributed by atoms with Crippen LogP contribution in [-0.4, -0.2) is 23.5 Å². The lowest BCUT2D eigenvalue weighted by Gasteiger charge is -2.17. The molecule has 0 aromatic heterocycles. The molecule has 0 heterocycles. The van der Waals surface area contributed by atoms with Crippen LogP contribution in [0.5, 0.6) is 0 Å². The van der Waals surface area contributed by atoms with Crippen LogP contribution < -0.4 is 10.6 Å². The van der Waals surface area contributed by atoms with E-state index in [0.29, 0.717) is 5.69 Å². The average Bonchev–Trinajstić information content (AvgIpc) is 2.56. The lowest BCUT2D eigenvalue weighted by molar-refractivity contribution is -0.136. The zero-order valence-electron chi connectivity index (χ0n) is 14.1. The molecule has 0 spiro atoms. The fraction of sp³-hybridized carbons (Fsp3) is 0.263. The molecule has 0 radical (unpaired) electrons. The molecule has 2 rings (SSSR count). The standard InChI is InChI=1S/C19H22N2O3/c1-12-9-13(2)17(14(3)10-12)21-19(24)18(23)20-16(11-22)15-7-5-4-6-8-15/h4-10,16,22H,11H2,1-3H3,(H,20,23)(H,21,24). The number of nitrogens with one attached hydrogen (secondary N) is 2. The summed E-state index contributed by atoms with van der Waals surface area (Å²) in [6.07, 6.45) is 0. The molecule has 1 unspecified atom stereocenters. The third-order valence-corrected chi connectivity index (χ3v) is 3.81. The molecule has 126 valence electrons. The molecule has 0 aliphatic heterocycles. The highest BCUT2D eigenvalue weighted by molar-refractivity contribution is 6.39. The molecule has 2 aromatic carbocycles. The molecule has 0 aliphatic carbocycles. The van der Waals surface area contributed by atoms with Gasteiger partial charge in [0.05, 0.1) is 12.6 Å². The third-order valence-electron chi connectivity index (χ3n) is 3.81. The van der Waals surface area contributed by atoms with Gasteiger partial charge in [-0.2, -0.15) is 0 Å². The van der Waals surface area contributed by atoms with E-state index in [0.717, 1.165) is 22.3 Å². The van der Waals surface area contributed by atoms with Crippen molar-refractivity contribution in [2.75, 3.05) is 11.9 Å². The molecule has 2 amide bonds. The molecule has 3 N–H and O–H groups in total. The van der Waals surface area contributed by atoms with Crippen LogP contribution >= 0.6 is 0 Å². The van der Waals surface area contributed by atoms with E-state index in [2.05, 4.69) is 10.6 Å². The summed E-state index contributed by atoms with van der Waals surface area (Å²) in [6.45, 7) is 5.46. The van der Waals surface area contributed by atoms with E-state index in [-0.39, 0.29) is 6.61 Å². The highest BCUT2D eigenvalue weighted by Crippen LogP contribution is 2.22. The van der Waals surface area contributed by atoms with Crippen LogP contribution in [-0.2, 0) is 9.59 Å². The van der Waals surface area contributed by atoms with Crippen molar-refractivity contribution in [2.45, 2.75) is 26.8 Å². The van der Waals surface area contributed by atoms with E-state index in [1.165, 1.54) is 0 Å². The van der Waals surface area contributed by atoms with Crippen molar-refractivity contribution in [2.24, 2.45) is 0 Å². The molecular formula is C19H22N2O3. The average molecular weight is 326 g/mol. The number of anilines is 1. The summed E-state index contributed by atoms with van der Waals surface area (Å²) in [4.78, 5) is 24.3. The van der Waals surface area contributed by atoms with Crippen molar-refractivity contribution in [1.29, 1.82) is 0 Å². The second-order valence-electron chi connectivity index (χ2n) is 5.85. The van der Waals surface area contributed by atoms with Crippen LogP contribution in [0.1, 0.15) is 28.3 Å². The number of benzene rings is 2. The number of rotatable bonds is 4. The maximum Gasteiger partial charge on any atom is 0.313 e. The largest absolute Gasteiger partial charge is 0.394 e. The first kappa shape index (κ1) is 17.7. The van der Waals surface area contributed by atoms with Crippen LogP contribution in [0.25, 0.3) is 0 Å². The minimum atomic E-state index is -0.780. The number of carbonyl (C=O) groups is 2. The molecule has 5 nitrogen and oxygen atoms in total. The first-order chi connectivity index (χ1) is 11.4. The monoisotopic (exact) mass is 326 g/mol. The normalized spacial score (nSPS) is 11.7. The Hall–Kier alpha value is -2.66. The van der Waals surface area contributed by atoms with Gasteiger partial charge in [-0.1, -0.05) is 48.0 Å². The number of aryl methyl sites for hydroxylation is 3. The number of amides is 2. The second-order valence-corrected chi connectivity index (χ2v) is 5.85. The summed E-state index contributed by atoms with van der Waals surface area (Å²) in [5.74, 6) is -1.53. The van der Waals surface area contributed by atoms with E-state index in [1.807, 2.05) is 51.1 Å². The number of carbonyl (C=O) groups excluding carboxylic acids is 2. The predicted molar refractivity (Wildman–Crippen MR) is 93.7 cm³/mol. The summed E-state index contributed by atoms with van der Waals surface area (Å²) in [5, 5.41) is 14.7. The third kappa shape index (κ3) is 4.20. The second kappa shape index (κ2) is 7.75. The lowest BCUT2D eigenvalue weighted by Crippen LogP contribution is -2.39. The first-order valence-corrected chi connectivity index (χ1v) is 7.78. The Morgan fingerprint density at radius 3 is 2.12 bits per heavy atom. The van der Waals surface area contributed by atoms with E-state index in [9.17, 15) is 14.7 Å². The minimum Gasteiger partial charge on any atom is -0.394 e. The Kier molecular flexibility index (Phi) is 5.71. The van der Waals surface area contributed by atoms with E-state index in [4.69, 9.17) is 0 Å². The van der Waals surface area contributed by atoms with Crippen LogP contribution in [0, 0.1) is 20.8 Å². The van der Waals surface area contributed by atoms with Crippen molar-refractivity contribution >= 4 is 17.5 Å². The maximum atomic E-state index is 12.2.